The Labute approximate surface area is 171 Å². The van der Waals surface area contributed by atoms with Crippen LogP contribution in [0.5, 0.6) is 11.5 Å². The van der Waals surface area contributed by atoms with Gasteiger partial charge >= 0.3 is 11.9 Å². The molecular weight excluding hydrogens is 376 g/mol. The topological polar surface area (TPSA) is 104 Å². The van der Waals surface area contributed by atoms with Gasteiger partial charge in [0, 0.05) is 19.2 Å². The Hall–Kier alpha value is -2.64. The van der Waals surface area contributed by atoms with Gasteiger partial charge in [0.15, 0.2) is 11.4 Å². The summed E-state index contributed by atoms with van der Waals surface area (Å²) in [6, 6.07) is 0.581. The van der Waals surface area contributed by atoms with Gasteiger partial charge in [0.25, 0.3) is 5.91 Å². The molecule has 1 aromatic rings. The van der Waals surface area contributed by atoms with Crippen LogP contribution in [-0.2, 0) is 14.3 Å². The molecule has 1 aliphatic rings. The first-order chi connectivity index (χ1) is 13.7. The van der Waals surface area contributed by atoms with Crippen molar-refractivity contribution in [3.8, 4) is 11.5 Å². The smallest absolute Gasteiger partial charge is 0.328 e. The molecule has 8 nitrogen and oxygen atoms in total. The number of hydrogen-bond donors (Lipinski definition) is 1. The molecule has 1 amide bonds. The zero-order chi connectivity index (χ0) is 21.6. The first-order valence-corrected chi connectivity index (χ1v) is 9.97. The van der Waals surface area contributed by atoms with E-state index in [2.05, 4.69) is 17.2 Å². The number of esters is 2. The van der Waals surface area contributed by atoms with Crippen LogP contribution in [0.2, 0.25) is 0 Å². The van der Waals surface area contributed by atoms with E-state index in [0.29, 0.717) is 5.92 Å². The van der Waals surface area contributed by atoms with Gasteiger partial charge in [-0.3, -0.25) is 9.59 Å². The summed E-state index contributed by atoms with van der Waals surface area (Å²) >= 11 is 0. The molecule has 3 atom stereocenters. The van der Waals surface area contributed by atoms with Gasteiger partial charge in [0.2, 0.25) is 5.75 Å². The van der Waals surface area contributed by atoms with Crippen LogP contribution in [0.1, 0.15) is 63.9 Å². The third-order valence-corrected chi connectivity index (χ3v) is 5.44. The molecule has 160 valence electrons. The Kier molecular flexibility index (Phi) is 7.99. The summed E-state index contributed by atoms with van der Waals surface area (Å²) in [4.78, 5) is 40.4. The lowest BCUT2D eigenvalue weighted by Crippen LogP contribution is -2.42. The highest BCUT2D eigenvalue weighted by molar-refractivity contribution is 5.98. The van der Waals surface area contributed by atoms with Gasteiger partial charge in [0.05, 0.1) is 7.11 Å². The van der Waals surface area contributed by atoms with Gasteiger partial charge in [-0.15, -0.1) is 0 Å². The van der Waals surface area contributed by atoms with Gasteiger partial charge in [-0.2, -0.15) is 0 Å². The highest BCUT2D eigenvalue weighted by Crippen LogP contribution is 2.34. The number of ether oxygens (including phenoxy) is 3. The number of hydrogen-bond acceptors (Lipinski definition) is 7. The zero-order valence-corrected chi connectivity index (χ0v) is 17.7. The molecule has 8 heteroatoms. The minimum Gasteiger partial charge on any atom is -0.493 e. The van der Waals surface area contributed by atoms with Crippen molar-refractivity contribution in [1.29, 1.82) is 0 Å². The Balaban J connectivity index is 2.02. The van der Waals surface area contributed by atoms with Crippen molar-refractivity contribution >= 4 is 17.8 Å². The lowest BCUT2D eigenvalue weighted by Gasteiger charge is -2.26. The molecule has 1 fully saturated rings. The molecule has 1 aliphatic carbocycles. The molecular formula is C21H30N2O6. The fourth-order valence-electron chi connectivity index (χ4n) is 3.58. The Bertz CT molecular complexity index is 745. The standard InChI is InChI=1S/C21H30N2O6/c1-12(16-8-6-7-9-16)14(3)28-21(26)13(2)23-20(25)18-19(29-15(4)24)17(27-5)10-11-22-18/h10-14,16H,6-9H2,1-5H3,(H,23,25)/t12-,13+,14+/m1/s1. The average molecular weight is 406 g/mol. The number of amides is 1. The van der Waals surface area contributed by atoms with Gasteiger partial charge in [-0.05, 0) is 25.7 Å². The van der Waals surface area contributed by atoms with Crippen molar-refractivity contribution in [1.82, 2.24) is 10.3 Å². The Morgan fingerprint density at radius 2 is 1.83 bits per heavy atom. The van der Waals surface area contributed by atoms with Crippen LogP contribution in [0.25, 0.3) is 0 Å². The van der Waals surface area contributed by atoms with Crippen molar-refractivity contribution in [2.45, 2.75) is 65.5 Å². The van der Waals surface area contributed by atoms with Crippen molar-refractivity contribution in [2.75, 3.05) is 7.11 Å². The van der Waals surface area contributed by atoms with Gasteiger partial charge in [-0.25, -0.2) is 9.78 Å². The summed E-state index contributed by atoms with van der Waals surface area (Å²) < 4.78 is 15.8. The molecule has 0 saturated heterocycles. The van der Waals surface area contributed by atoms with Crippen LogP contribution in [-0.4, -0.2) is 42.1 Å². The second kappa shape index (κ2) is 10.2. The molecule has 0 spiro atoms. The Morgan fingerprint density at radius 1 is 1.17 bits per heavy atom. The normalized spacial score (nSPS) is 17.1. The summed E-state index contributed by atoms with van der Waals surface area (Å²) in [7, 11) is 1.39. The number of nitrogens with one attached hydrogen (secondary N) is 1. The summed E-state index contributed by atoms with van der Waals surface area (Å²) in [5.74, 6) is -0.880. The van der Waals surface area contributed by atoms with Crippen LogP contribution < -0.4 is 14.8 Å². The van der Waals surface area contributed by atoms with E-state index in [0.717, 1.165) is 12.8 Å². The molecule has 0 bridgehead atoms. The minimum atomic E-state index is -0.890. The maximum atomic E-state index is 12.6. The second-order valence-corrected chi connectivity index (χ2v) is 7.53. The number of carbonyl (C=O) groups excluding carboxylic acids is 3. The van der Waals surface area contributed by atoms with Crippen LogP contribution >= 0.6 is 0 Å². The molecule has 1 saturated carbocycles. The van der Waals surface area contributed by atoms with E-state index in [9.17, 15) is 14.4 Å². The molecule has 1 heterocycles. The molecule has 2 rings (SSSR count). The van der Waals surface area contributed by atoms with Crippen molar-refractivity contribution in [3.63, 3.8) is 0 Å². The maximum Gasteiger partial charge on any atom is 0.328 e. The number of methoxy groups -OCH3 is 1. The number of pyridine rings is 1. The van der Waals surface area contributed by atoms with E-state index in [1.807, 2.05) is 6.92 Å². The third kappa shape index (κ3) is 5.92. The monoisotopic (exact) mass is 406 g/mol. The predicted octanol–water partition coefficient (Wildman–Crippen LogP) is 2.89. The fourth-order valence-corrected chi connectivity index (χ4v) is 3.58. The van der Waals surface area contributed by atoms with Crippen LogP contribution in [0.15, 0.2) is 12.3 Å². The van der Waals surface area contributed by atoms with Gasteiger partial charge in [-0.1, -0.05) is 32.6 Å². The quantitative estimate of drug-likeness (QED) is 0.662. The average Bonchev–Trinajstić information content (AvgIpc) is 3.21. The molecule has 0 aliphatic heterocycles. The van der Waals surface area contributed by atoms with E-state index in [1.165, 1.54) is 39.1 Å². The first-order valence-electron chi connectivity index (χ1n) is 9.97. The van der Waals surface area contributed by atoms with Gasteiger partial charge < -0.3 is 19.5 Å². The van der Waals surface area contributed by atoms with E-state index in [4.69, 9.17) is 14.2 Å². The van der Waals surface area contributed by atoms with E-state index >= 15 is 0 Å². The lowest BCUT2D eigenvalue weighted by atomic mass is 9.88. The number of carbonyl (C=O) groups is 3. The highest BCUT2D eigenvalue weighted by atomic mass is 16.6. The Morgan fingerprint density at radius 3 is 2.41 bits per heavy atom. The number of rotatable bonds is 8. The summed E-state index contributed by atoms with van der Waals surface area (Å²) in [5, 5.41) is 2.55. The minimum absolute atomic E-state index is 0.0937. The largest absolute Gasteiger partial charge is 0.493 e. The van der Waals surface area contributed by atoms with Crippen LogP contribution in [0.4, 0.5) is 0 Å². The van der Waals surface area contributed by atoms with Crippen LogP contribution in [0.3, 0.4) is 0 Å². The molecule has 29 heavy (non-hydrogen) atoms. The van der Waals surface area contributed by atoms with E-state index in [-0.39, 0.29) is 29.2 Å². The summed E-state index contributed by atoms with van der Waals surface area (Å²) in [5.41, 5.74) is -0.147. The van der Waals surface area contributed by atoms with Crippen LogP contribution in [0, 0.1) is 11.8 Å². The summed E-state index contributed by atoms with van der Waals surface area (Å²) in [6.45, 7) is 6.74. The predicted molar refractivity (Wildman–Crippen MR) is 106 cm³/mol. The number of aromatic nitrogens is 1. The van der Waals surface area contributed by atoms with Crippen molar-refractivity contribution in [2.24, 2.45) is 11.8 Å². The molecule has 1 aromatic heterocycles. The molecule has 0 radical (unpaired) electrons. The lowest BCUT2D eigenvalue weighted by molar-refractivity contribution is -0.153. The molecule has 0 aromatic carbocycles. The van der Waals surface area contributed by atoms with Gasteiger partial charge in [0.1, 0.15) is 12.1 Å². The SMILES string of the molecule is COc1ccnc(C(=O)N[C@@H](C)C(=O)O[C@@H](C)[C@@H](C)C2CCCC2)c1OC(C)=O. The molecule has 0 unspecified atom stereocenters. The summed E-state index contributed by atoms with van der Waals surface area (Å²) in [6.07, 6.45) is 5.89. The zero-order valence-electron chi connectivity index (χ0n) is 17.7. The maximum absolute atomic E-state index is 12.6. The fraction of sp³-hybridized carbons (Fsp3) is 0.619. The molecule has 1 N–H and O–H groups in total. The second-order valence-electron chi connectivity index (χ2n) is 7.53. The third-order valence-electron chi connectivity index (χ3n) is 5.44. The van der Waals surface area contributed by atoms with Crippen molar-refractivity contribution < 1.29 is 28.6 Å². The highest BCUT2D eigenvalue weighted by Gasteiger charge is 2.30. The number of nitrogens with zero attached hydrogens (tertiary/aromatic N) is 1. The van der Waals surface area contributed by atoms with E-state index < -0.39 is 23.9 Å². The van der Waals surface area contributed by atoms with E-state index in [1.54, 1.807) is 6.92 Å². The van der Waals surface area contributed by atoms with Crippen molar-refractivity contribution in [3.05, 3.63) is 18.0 Å². The first kappa shape index (κ1) is 22.6.